The highest BCUT2D eigenvalue weighted by atomic mass is 19.1. The monoisotopic (exact) mass is 260 g/mol. The molecule has 0 saturated carbocycles. The number of anilines is 1. The predicted octanol–water partition coefficient (Wildman–Crippen LogP) is 2.84. The first-order valence-electron chi connectivity index (χ1n) is 6.51. The maximum Gasteiger partial charge on any atom is 0.157 e. The molecule has 0 aliphatic carbocycles. The fraction of sp³-hybridized carbons (Fsp3) is 0.333. The van der Waals surface area contributed by atoms with Gasteiger partial charge in [0, 0.05) is 37.8 Å². The number of halogens is 1. The molecule has 3 rings (SSSR count). The van der Waals surface area contributed by atoms with E-state index >= 15 is 0 Å². The number of hydrogen-bond acceptors (Lipinski definition) is 3. The summed E-state index contributed by atoms with van der Waals surface area (Å²) in [4.78, 5) is 4.64. The van der Waals surface area contributed by atoms with Gasteiger partial charge in [-0.25, -0.2) is 4.39 Å². The predicted molar refractivity (Wildman–Crippen MR) is 73.8 cm³/mol. The van der Waals surface area contributed by atoms with Gasteiger partial charge in [0.15, 0.2) is 5.76 Å². The number of piperazine rings is 1. The highest BCUT2D eigenvalue weighted by Gasteiger charge is 2.19. The molecular formula is C15H17FN2O. The van der Waals surface area contributed by atoms with Gasteiger partial charge in [-0.1, -0.05) is 0 Å². The van der Waals surface area contributed by atoms with Crippen molar-refractivity contribution in [3.63, 3.8) is 0 Å². The zero-order valence-corrected chi connectivity index (χ0v) is 11.0. The van der Waals surface area contributed by atoms with E-state index in [9.17, 15) is 4.39 Å². The molecule has 0 radical (unpaired) electrons. The minimum absolute atomic E-state index is 0.226. The van der Waals surface area contributed by atoms with Crippen LogP contribution in [0.15, 0.2) is 41.0 Å². The van der Waals surface area contributed by atoms with E-state index in [1.54, 1.807) is 18.4 Å². The van der Waals surface area contributed by atoms with Crippen molar-refractivity contribution in [1.82, 2.24) is 4.90 Å². The van der Waals surface area contributed by atoms with Gasteiger partial charge in [0.05, 0.1) is 12.0 Å². The molecule has 2 aromatic rings. The van der Waals surface area contributed by atoms with Crippen LogP contribution in [0.5, 0.6) is 0 Å². The lowest BCUT2D eigenvalue weighted by atomic mass is 10.1. The fourth-order valence-corrected chi connectivity index (χ4v) is 2.42. The zero-order chi connectivity index (χ0) is 13.2. The third-order valence-electron chi connectivity index (χ3n) is 3.59. The quantitative estimate of drug-likeness (QED) is 0.828. The Morgan fingerprint density at radius 1 is 1.00 bits per heavy atom. The van der Waals surface area contributed by atoms with Crippen LogP contribution >= 0.6 is 0 Å². The van der Waals surface area contributed by atoms with E-state index in [4.69, 9.17) is 4.42 Å². The number of likely N-dealkylation sites (N-methyl/N-ethyl adjacent to an activating group) is 1. The van der Waals surface area contributed by atoms with Gasteiger partial charge in [-0.05, 0) is 31.3 Å². The van der Waals surface area contributed by atoms with Crippen LogP contribution in [0, 0.1) is 5.82 Å². The SMILES string of the molecule is CN1CCN(c2ccoc2-c2ccc(F)cc2)CC1. The molecule has 19 heavy (non-hydrogen) atoms. The molecule has 0 spiro atoms. The molecule has 0 atom stereocenters. The third-order valence-corrected chi connectivity index (χ3v) is 3.59. The molecule has 3 nitrogen and oxygen atoms in total. The maximum atomic E-state index is 13.0. The van der Waals surface area contributed by atoms with E-state index in [-0.39, 0.29) is 5.82 Å². The molecule has 100 valence electrons. The minimum atomic E-state index is -0.226. The summed E-state index contributed by atoms with van der Waals surface area (Å²) in [5.74, 6) is 0.598. The van der Waals surface area contributed by atoms with E-state index in [1.807, 2.05) is 6.07 Å². The second kappa shape index (κ2) is 5.05. The van der Waals surface area contributed by atoms with Crippen LogP contribution in [0.25, 0.3) is 11.3 Å². The Morgan fingerprint density at radius 2 is 1.68 bits per heavy atom. The average Bonchev–Trinajstić information content (AvgIpc) is 2.90. The Balaban J connectivity index is 1.88. The Hall–Kier alpha value is -1.81. The van der Waals surface area contributed by atoms with Gasteiger partial charge in [0.25, 0.3) is 0 Å². The highest BCUT2D eigenvalue weighted by molar-refractivity contribution is 5.73. The van der Waals surface area contributed by atoms with E-state index in [0.29, 0.717) is 0 Å². The summed E-state index contributed by atoms with van der Waals surface area (Å²) in [7, 11) is 2.13. The number of benzene rings is 1. The topological polar surface area (TPSA) is 19.6 Å². The first-order chi connectivity index (χ1) is 9.24. The molecule has 1 aliphatic rings. The second-order valence-corrected chi connectivity index (χ2v) is 4.93. The molecule has 0 N–H and O–H groups in total. The Morgan fingerprint density at radius 3 is 2.37 bits per heavy atom. The molecule has 4 heteroatoms. The van der Waals surface area contributed by atoms with Crippen molar-refractivity contribution >= 4 is 5.69 Å². The van der Waals surface area contributed by atoms with E-state index in [2.05, 4.69) is 16.8 Å². The molecule has 0 bridgehead atoms. The fourth-order valence-electron chi connectivity index (χ4n) is 2.42. The largest absolute Gasteiger partial charge is 0.462 e. The first-order valence-corrected chi connectivity index (χ1v) is 6.51. The van der Waals surface area contributed by atoms with Crippen molar-refractivity contribution in [3.8, 4) is 11.3 Å². The molecule has 2 heterocycles. The molecule has 1 aliphatic heterocycles. The molecule has 1 saturated heterocycles. The van der Waals surface area contributed by atoms with Gasteiger partial charge in [0.1, 0.15) is 5.82 Å². The lowest BCUT2D eigenvalue weighted by molar-refractivity contribution is 0.313. The van der Waals surface area contributed by atoms with Crippen molar-refractivity contribution in [3.05, 3.63) is 42.4 Å². The summed E-state index contributed by atoms with van der Waals surface area (Å²) in [6, 6.07) is 8.43. The summed E-state index contributed by atoms with van der Waals surface area (Å²) >= 11 is 0. The molecule has 0 unspecified atom stereocenters. The average molecular weight is 260 g/mol. The number of rotatable bonds is 2. The first kappa shape index (κ1) is 12.2. The van der Waals surface area contributed by atoms with Gasteiger partial charge in [0.2, 0.25) is 0 Å². The van der Waals surface area contributed by atoms with Crippen molar-refractivity contribution in [2.24, 2.45) is 0 Å². The van der Waals surface area contributed by atoms with Crippen LogP contribution < -0.4 is 4.90 Å². The molecule has 1 fully saturated rings. The lowest BCUT2D eigenvalue weighted by Crippen LogP contribution is -2.44. The van der Waals surface area contributed by atoms with Crippen molar-refractivity contribution in [2.75, 3.05) is 38.1 Å². The van der Waals surface area contributed by atoms with Gasteiger partial charge in [-0.3, -0.25) is 0 Å². The van der Waals surface area contributed by atoms with Crippen LogP contribution in [0.2, 0.25) is 0 Å². The number of furan rings is 1. The van der Waals surface area contributed by atoms with Gasteiger partial charge < -0.3 is 14.2 Å². The van der Waals surface area contributed by atoms with Crippen LogP contribution in [0.1, 0.15) is 0 Å². The van der Waals surface area contributed by atoms with E-state index in [1.165, 1.54) is 12.1 Å². The standard InChI is InChI=1S/C15H17FN2O/c1-17-7-9-18(10-8-17)14-6-11-19-15(14)12-2-4-13(16)5-3-12/h2-6,11H,7-10H2,1H3. The lowest BCUT2D eigenvalue weighted by Gasteiger charge is -2.33. The Labute approximate surface area is 112 Å². The minimum Gasteiger partial charge on any atom is -0.462 e. The van der Waals surface area contributed by atoms with Crippen LogP contribution in [0.4, 0.5) is 10.1 Å². The van der Waals surface area contributed by atoms with Crippen LogP contribution in [-0.4, -0.2) is 38.1 Å². The van der Waals surface area contributed by atoms with Crippen molar-refractivity contribution < 1.29 is 8.81 Å². The second-order valence-electron chi connectivity index (χ2n) is 4.93. The van der Waals surface area contributed by atoms with E-state index < -0.39 is 0 Å². The molecule has 0 amide bonds. The summed E-state index contributed by atoms with van der Waals surface area (Å²) in [5, 5.41) is 0. The summed E-state index contributed by atoms with van der Waals surface area (Å²) < 4.78 is 18.6. The third kappa shape index (κ3) is 2.49. The summed E-state index contributed by atoms with van der Waals surface area (Å²) in [6.07, 6.45) is 1.70. The van der Waals surface area contributed by atoms with Crippen molar-refractivity contribution in [2.45, 2.75) is 0 Å². The van der Waals surface area contributed by atoms with Crippen LogP contribution in [0.3, 0.4) is 0 Å². The van der Waals surface area contributed by atoms with Crippen molar-refractivity contribution in [1.29, 1.82) is 0 Å². The normalized spacial score (nSPS) is 16.8. The Bertz CT molecular complexity index is 542. The van der Waals surface area contributed by atoms with Gasteiger partial charge in [-0.2, -0.15) is 0 Å². The smallest absolute Gasteiger partial charge is 0.157 e. The van der Waals surface area contributed by atoms with E-state index in [0.717, 1.165) is 43.2 Å². The zero-order valence-electron chi connectivity index (χ0n) is 11.0. The van der Waals surface area contributed by atoms with Crippen LogP contribution in [-0.2, 0) is 0 Å². The maximum absolute atomic E-state index is 13.0. The molecule has 1 aromatic heterocycles. The summed E-state index contributed by atoms with van der Waals surface area (Å²) in [6.45, 7) is 4.08. The number of nitrogens with zero attached hydrogens (tertiary/aromatic N) is 2. The molecular weight excluding hydrogens is 243 g/mol. The summed E-state index contributed by atoms with van der Waals surface area (Å²) in [5.41, 5.74) is 2.01. The molecule has 1 aromatic carbocycles. The van der Waals surface area contributed by atoms with Gasteiger partial charge >= 0.3 is 0 Å². The van der Waals surface area contributed by atoms with Gasteiger partial charge in [-0.15, -0.1) is 0 Å². The number of hydrogen-bond donors (Lipinski definition) is 0. The highest BCUT2D eigenvalue weighted by Crippen LogP contribution is 2.32. The Kier molecular flexibility index (Phi) is 3.25.